The predicted octanol–water partition coefficient (Wildman–Crippen LogP) is 23.4. The van der Waals surface area contributed by atoms with Crippen molar-refractivity contribution in [1.29, 1.82) is 0 Å². The van der Waals surface area contributed by atoms with Crippen molar-refractivity contribution >= 4 is 19.8 Å². The molecule has 0 saturated heterocycles. The van der Waals surface area contributed by atoms with Crippen LogP contribution in [0.5, 0.6) is 0 Å². The van der Waals surface area contributed by atoms with Gasteiger partial charge < -0.3 is 27.9 Å². The second kappa shape index (κ2) is 68.0. The van der Waals surface area contributed by atoms with Crippen LogP contribution in [0.3, 0.4) is 0 Å². The number of rotatable bonds is 67. The first kappa shape index (κ1) is 84.7. The van der Waals surface area contributed by atoms with Gasteiger partial charge in [0.25, 0.3) is 7.82 Å². The number of carbonyl (C=O) groups excluding carboxylic acids is 2. The molecule has 0 N–H and O–H groups in total. The Morgan fingerprint density at radius 3 is 0.977 bits per heavy atom. The molecule has 0 heterocycles. The minimum absolute atomic E-state index is 0.0417. The highest BCUT2D eigenvalue weighted by atomic mass is 31.2. The number of esters is 2. The predicted molar refractivity (Wildman–Crippen MR) is 378 cm³/mol. The Balaban J connectivity index is 4.00. The standard InChI is InChI=1S/C78H138NO8P/c1-6-8-10-12-14-16-18-20-22-24-26-28-30-32-33-34-35-36-37-38-39-40-41-42-43-44-45-47-48-50-52-54-56-58-60-62-64-66-68-70-77(80)84-74-76(75-86-88(82,83)85-73-72-79(3,4)5)87-78(81)71-69-67-65-63-61-59-57-55-53-51-49-46-31-29-27-25-23-21-19-17-15-13-11-9-7-2/h9,11,15,17-18,20-21,23-24,26-27,29,46,49,53,55,59,61,76H,6-8,10,12-14,16,19,22,25,28,30-45,47-48,50-52,54,56-58,60,62-75H2,1-5H3/b11-9-,17-15-,20-18-,23-21-,26-24-,29-27-,49-46-,55-53-,61-59-. The fourth-order valence-corrected chi connectivity index (χ4v) is 10.9. The lowest BCUT2D eigenvalue weighted by Crippen LogP contribution is -2.37. The van der Waals surface area contributed by atoms with Crippen molar-refractivity contribution in [2.45, 2.75) is 328 Å². The lowest BCUT2D eigenvalue weighted by Gasteiger charge is -2.28. The summed E-state index contributed by atoms with van der Waals surface area (Å²) >= 11 is 0. The highest BCUT2D eigenvalue weighted by Crippen LogP contribution is 2.38. The van der Waals surface area contributed by atoms with Gasteiger partial charge in [-0.15, -0.1) is 0 Å². The summed E-state index contributed by atoms with van der Waals surface area (Å²) in [5.74, 6) is -0.867. The van der Waals surface area contributed by atoms with Crippen molar-refractivity contribution in [3.05, 3.63) is 109 Å². The second-order valence-electron chi connectivity index (χ2n) is 25.6. The zero-order valence-electron chi connectivity index (χ0n) is 57.9. The van der Waals surface area contributed by atoms with Crippen molar-refractivity contribution in [3.63, 3.8) is 0 Å². The number of phosphoric ester groups is 1. The van der Waals surface area contributed by atoms with Gasteiger partial charge in [-0.2, -0.15) is 0 Å². The molecule has 2 unspecified atom stereocenters. The van der Waals surface area contributed by atoms with E-state index in [1.165, 1.54) is 199 Å². The number of phosphoric acid groups is 1. The highest BCUT2D eigenvalue weighted by molar-refractivity contribution is 7.45. The van der Waals surface area contributed by atoms with E-state index >= 15 is 0 Å². The van der Waals surface area contributed by atoms with Crippen LogP contribution in [0.4, 0.5) is 0 Å². The van der Waals surface area contributed by atoms with Crippen LogP contribution >= 0.6 is 7.82 Å². The molecule has 0 aromatic carbocycles. The van der Waals surface area contributed by atoms with E-state index < -0.39 is 26.5 Å². The maximum atomic E-state index is 12.8. The van der Waals surface area contributed by atoms with Crippen molar-refractivity contribution in [2.24, 2.45) is 0 Å². The van der Waals surface area contributed by atoms with E-state index in [-0.39, 0.29) is 32.0 Å². The van der Waals surface area contributed by atoms with E-state index in [1.807, 2.05) is 21.1 Å². The molecule has 0 aromatic heterocycles. The summed E-state index contributed by atoms with van der Waals surface area (Å²) in [7, 11) is 1.14. The molecule has 508 valence electrons. The number of quaternary nitrogens is 1. The Morgan fingerprint density at radius 2 is 0.648 bits per heavy atom. The molecule has 0 saturated carbocycles. The summed E-state index contributed by atoms with van der Waals surface area (Å²) in [6, 6.07) is 0. The zero-order chi connectivity index (χ0) is 64.1. The molecule has 0 spiro atoms. The third-order valence-corrected chi connectivity index (χ3v) is 16.7. The van der Waals surface area contributed by atoms with E-state index in [2.05, 4.69) is 123 Å². The maximum Gasteiger partial charge on any atom is 0.306 e. The Bertz CT molecular complexity index is 1850. The van der Waals surface area contributed by atoms with Gasteiger partial charge in [-0.3, -0.25) is 14.2 Å². The van der Waals surface area contributed by atoms with Gasteiger partial charge in [0.15, 0.2) is 6.10 Å². The summed E-state index contributed by atoms with van der Waals surface area (Å²) in [6.07, 6.45) is 96.3. The van der Waals surface area contributed by atoms with E-state index in [1.54, 1.807) is 0 Å². The Labute approximate surface area is 544 Å². The van der Waals surface area contributed by atoms with Gasteiger partial charge in [-0.1, -0.05) is 316 Å². The molecule has 10 heteroatoms. The van der Waals surface area contributed by atoms with Crippen LogP contribution in [0.1, 0.15) is 322 Å². The smallest absolute Gasteiger partial charge is 0.306 e. The fraction of sp³-hybridized carbons (Fsp3) is 0.744. The van der Waals surface area contributed by atoms with E-state index in [9.17, 15) is 19.0 Å². The minimum atomic E-state index is -4.66. The maximum absolute atomic E-state index is 12.8. The van der Waals surface area contributed by atoms with Gasteiger partial charge in [-0.05, 0) is 103 Å². The number of carbonyl (C=O) groups is 2. The number of nitrogens with zero attached hydrogens (tertiary/aromatic N) is 1. The molecule has 0 rings (SSSR count). The first-order valence-electron chi connectivity index (χ1n) is 36.6. The molecular formula is C78H138NO8P. The fourth-order valence-electron chi connectivity index (χ4n) is 10.2. The molecule has 0 aliphatic carbocycles. The van der Waals surface area contributed by atoms with Crippen LogP contribution in [0.25, 0.3) is 0 Å². The van der Waals surface area contributed by atoms with Gasteiger partial charge in [0.2, 0.25) is 0 Å². The van der Waals surface area contributed by atoms with Crippen LogP contribution in [0.2, 0.25) is 0 Å². The van der Waals surface area contributed by atoms with Crippen LogP contribution in [-0.4, -0.2) is 70.0 Å². The second-order valence-corrected chi connectivity index (χ2v) is 27.0. The van der Waals surface area contributed by atoms with Crippen LogP contribution in [-0.2, 0) is 32.7 Å². The lowest BCUT2D eigenvalue weighted by molar-refractivity contribution is -0.870. The van der Waals surface area contributed by atoms with Crippen LogP contribution < -0.4 is 4.89 Å². The molecule has 2 atom stereocenters. The van der Waals surface area contributed by atoms with Crippen molar-refractivity contribution in [2.75, 3.05) is 47.5 Å². The average Bonchev–Trinajstić information content (AvgIpc) is 3.57. The van der Waals surface area contributed by atoms with Gasteiger partial charge in [0, 0.05) is 12.8 Å². The summed E-state index contributed by atoms with van der Waals surface area (Å²) < 4.78 is 34.3. The van der Waals surface area contributed by atoms with Crippen LogP contribution in [0.15, 0.2) is 109 Å². The number of likely N-dealkylation sites (N-methyl/N-ethyl adjacent to an activating group) is 1. The molecule has 0 fully saturated rings. The van der Waals surface area contributed by atoms with E-state index in [4.69, 9.17) is 18.5 Å². The Kier molecular flexibility index (Phi) is 65.5. The molecule has 0 amide bonds. The highest BCUT2D eigenvalue weighted by Gasteiger charge is 2.22. The number of unbranched alkanes of at least 4 members (excludes halogenated alkanes) is 35. The van der Waals surface area contributed by atoms with Crippen molar-refractivity contribution in [1.82, 2.24) is 0 Å². The SMILES string of the molecule is CC/C=C\C/C=C\C/C=C\C/C=C\C/C=C\C/C=C\C/C=C\CCCCCC(=O)OC(COC(=O)CCCCCCCCCCCCCCCCCCCCCCCCCCCCC/C=C\C/C=C\CCCCCCC)COP(=O)([O-])OCC[N+](C)(C)C. The van der Waals surface area contributed by atoms with E-state index in [0.29, 0.717) is 17.4 Å². The lowest BCUT2D eigenvalue weighted by atomic mass is 10.0. The van der Waals surface area contributed by atoms with Gasteiger partial charge in [0.05, 0.1) is 27.7 Å². The normalized spacial score (nSPS) is 13.8. The molecule has 0 radical (unpaired) electrons. The van der Waals surface area contributed by atoms with E-state index in [0.717, 1.165) is 89.9 Å². The monoisotopic (exact) mass is 1250 g/mol. The molecule has 0 bridgehead atoms. The average molecular weight is 1250 g/mol. The summed E-state index contributed by atoms with van der Waals surface area (Å²) in [6.45, 7) is 4.10. The number of hydrogen-bond donors (Lipinski definition) is 0. The largest absolute Gasteiger partial charge is 0.756 e. The molecule has 88 heavy (non-hydrogen) atoms. The van der Waals surface area contributed by atoms with Crippen LogP contribution in [0, 0.1) is 0 Å². The summed E-state index contributed by atoms with van der Waals surface area (Å²) in [4.78, 5) is 38.1. The molecule has 9 nitrogen and oxygen atoms in total. The molecule has 0 aliphatic heterocycles. The number of hydrogen-bond acceptors (Lipinski definition) is 8. The summed E-state index contributed by atoms with van der Waals surface area (Å²) in [5.41, 5.74) is 0. The topological polar surface area (TPSA) is 111 Å². The zero-order valence-corrected chi connectivity index (χ0v) is 58.8. The first-order chi connectivity index (χ1) is 43.0. The molecule has 0 aromatic rings. The quantitative estimate of drug-likeness (QED) is 0.0195. The molecular weight excluding hydrogens is 1110 g/mol. The number of ether oxygens (including phenoxy) is 2. The number of allylic oxidation sites excluding steroid dienone is 18. The van der Waals surface area contributed by atoms with Gasteiger partial charge in [0.1, 0.15) is 19.8 Å². The summed E-state index contributed by atoms with van der Waals surface area (Å²) in [5, 5.41) is 0. The van der Waals surface area contributed by atoms with Gasteiger partial charge >= 0.3 is 11.9 Å². The third kappa shape index (κ3) is 71.7. The molecule has 0 aliphatic rings. The third-order valence-electron chi connectivity index (χ3n) is 15.8. The minimum Gasteiger partial charge on any atom is -0.756 e. The Hall–Kier alpha value is -3.33. The first-order valence-corrected chi connectivity index (χ1v) is 38.1. The van der Waals surface area contributed by atoms with Crippen molar-refractivity contribution in [3.8, 4) is 0 Å². The Morgan fingerprint density at radius 1 is 0.364 bits per heavy atom. The van der Waals surface area contributed by atoms with Crippen molar-refractivity contribution < 1.29 is 42.1 Å². The van der Waals surface area contributed by atoms with Gasteiger partial charge in [-0.25, -0.2) is 0 Å².